The molecule has 0 radical (unpaired) electrons. The molecule has 8 aromatic heterocycles. The summed E-state index contributed by atoms with van der Waals surface area (Å²) in [5.41, 5.74) is 30.9. The van der Waals surface area contributed by atoms with Crippen molar-refractivity contribution in [3.05, 3.63) is 216 Å². The molecule has 0 aromatic carbocycles. The average molecular weight is 3050 g/mol. The molecule has 0 aliphatic heterocycles. The molecule has 117 heavy (non-hydrogen) atoms. The van der Waals surface area contributed by atoms with Crippen molar-refractivity contribution in [1.82, 2.24) is 33.3 Å². The minimum atomic E-state index is 0. The van der Waals surface area contributed by atoms with Gasteiger partial charge in [0.1, 0.15) is 0 Å². The van der Waals surface area contributed by atoms with Gasteiger partial charge in [-0.2, -0.15) is 40.7 Å². The summed E-state index contributed by atoms with van der Waals surface area (Å²) in [6, 6.07) is 4.87. The number of hydrogen-bond donors (Lipinski definition) is 0. The van der Waals surface area contributed by atoms with Gasteiger partial charge in [-0.05, 0) is 75.8 Å². The van der Waals surface area contributed by atoms with Crippen LogP contribution in [0.3, 0.4) is 0 Å². The minimum absolute atomic E-state index is 0. The fraction of sp³-hybridized carbons (Fsp3) is 0.616. The van der Waals surface area contributed by atoms with Crippen molar-refractivity contribution < 1.29 is 173 Å². The Kier molecular flexibility index (Phi) is 59.7. The Hall–Kier alpha value is -0.294. The molecule has 0 unspecified atom stereocenters. The maximum Gasteiger partial charge on any atom is 0.0326 e. The number of rotatable bonds is 8. The predicted octanol–water partition coefficient (Wildman–Crippen LogP) is 28.7. The first kappa shape index (κ1) is 132. The maximum absolute atomic E-state index is 5.46. The predicted molar refractivity (Wildman–Crippen MR) is 486 cm³/mol. The van der Waals surface area contributed by atoms with Crippen LogP contribution in [0.4, 0.5) is 0 Å². The maximum atomic E-state index is 5.46. The second-order valence-electron chi connectivity index (χ2n) is 40.9. The van der Waals surface area contributed by atoms with E-state index in [0.717, 1.165) is 17.1 Å². The van der Waals surface area contributed by atoms with Crippen LogP contribution in [-0.4, -0.2) is 47.8 Å². The van der Waals surface area contributed by atoms with Crippen molar-refractivity contribution in [3.63, 3.8) is 0 Å². The van der Waals surface area contributed by atoms with Crippen LogP contribution >= 0.6 is 11.3 Å². The Bertz CT molecular complexity index is 3790. The van der Waals surface area contributed by atoms with Gasteiger partial charge in [0.15, 0.2) is 0 Å². The molecule has 0 atom stereocenters. The molecule has 670 valence electrons. The first-order valence-corrected chi connectivity index (χ1v) is 42.8. The van der Waals surface area contributed by atoms with Gasteiger partial charge in [0.2, 0.25) is 0 Å². The number of nitrogens with zero attached hydrogens (tertiary/aromatic N) is 7. The molecule has 0 amide bonds. The summed E-state index contributed by atoms with van der Waals surface area (Å²) in [5.74, 6) is 9.28. The molecule has 8 rings (SSSR count). The monoisotopic (exact) mass is 3050 g/mol. The third-order valence-corrected chi connectivity index (χ3v) is 22.8. The molecule has 18 heteroatoms. The second kappa shape index (κ2) is 52.9. The summed E-state index contributed by atoms with van der Waals surface area (Å²) in [6.07, 6.45) is 6.27. The third kappa shape index (κ3) is 37.5. The molecule has 0 bridgehead atoms. The van der Waals surface area contributed by atoms with Crippen LogP contribution in [0.15, 0.2) is 39.5 Å². The first-order chi connectivity index (χ1) is 48.8. The smallest absolute Gasteiger partial charge is 0.0326 e. The van der Waals surface area contributed by atoms with E-state index in [4.69, 9.17) is 4.42 Å². The number of aryl methyl sites for hydroxylation is 8. The Morgan fingerprint density at radius 3 is 1.05 bits per heavy atom. The van der Waals surface area contributed by atoms with Gasteiger partial charge in [0.25, 0.3) is 0 Å². The van der Waals surface area contributed by atoms with Gasteiger partial charge in [-0.15, -0.1) is 90.8 Å². The zero-order valence-electron chi connectivity index (χ0n) is 84.1. The van der Waals surface area contributed by atoms with Gasteiger partial charge in [-0.25, -0.2) is 21.5 Å². The molecular weight excluding hydrogens is 2880 g/mol. The summed E-state index contributed by atoms with van der Waals surface area (Å²) in [5, 5.41) is 11.3. The van der Waals surface area contributed by atoms with E-state index in [-0.39, 0.29) is 206 Å². The molecule has 0 aliphatic rings. The SMILES string of the molecule is Cc1[se]cc([C-](C)C)c1C(C)(C)C.Cc1c(C(C)(C)C)c([C-](C)C)cn1C.Cc1c(C(C)(C)C)c([C-](C)C)nn1C.Cc1c(C)c(C(C)(C)C)n([C-](C)C)c1C.Cc1ccn([C-](C)C)c1C(C)(C)C.Cc1nn(C)c([C-](C)C)c1C(C)(C)C.Cc1occ([C-](C)C)c1C(C)(C)C.Cc1scc([C-](C)C)c1C(C)(C)C.[W].[W].[W].[W].[W].[W].[W].[W]. The van der Waals surface area contributed by atoms with Gasteiger partial charge >= 0.3 is 87.9 Å². The van der Waals surface area contributed by atoms with E-state index in [9.17, 15) is 0 Å². The second-order valence-corrected chi connectivity index (χ2v) is 44.2. The molecule has 0 fully saturated rings. The molecule has 8 heterocycles. The van der Waals surface area contributed by atoms with Gasteiger partial charge in [0.05, 0.1) is 0 Å². The van der Waals surface area contributed by atoms with Crippen molar-refractivity contribution in [1.29, 1.82) is 0 Å². The fourth-order valence-corrected chi connectivity index (χ4v) is 19.2. The van der Waals surface area contributed by atoms with Gasteiger partial charge < -0.3 is 22.8 Å². The van der Waals surface area contributed by atoms with Crippen LogP contribution in [0.25, 0.3) is 0 Å². The zero-order valence-corrected chi connectivity index (χ0v) is 110. The number of thiophene rings is 1. The summed E-state index contributed by atoms with van der Waals surface area (Å²) in [4.78, 5) is 3.89. The van der Waals surface area contributed by atoms with E-state index >= 15 is 0 Å². The minimum Gasteiger partial charge on any atom is -0.539 e. The Balaban J connectivity index is -0.000000192. The molecule has 0 saturated heterocycles. The standard InChI is InChI=1S/C14H24N.C13H22N.2C12H21N2.C12H20N.C12H19O.C12H19S.C12H19Se.8W/c1-9(2)15-12(5)10(3)11(4)13(15)14(6,7)8;1-9(2)11-8-14(7)10(3)12(11)13(4,5)6;1-8(2)11-10(12(4,5)6)9(3)14(7)13-11;1-8(2)11-10(12(4,5)6)9(3)13-14(11)7;1-9(2)13-8-7-10(3)11(13)12(4,5)6;3*1-8(2)10-7-13-9(3)11(10)12(4,5)6;;;;;;;;/h1-8H3;8H,1-7H3;2*1-7H3;7-8H,1-6H3;3*7H,1-6H3;;;;;;;;/q8*-1;;;;;;;;. The van der Waals surface area contributed by atoms with Crippen molar-refractivity contribution in [3.8, 4) is 0 Å². The van der Waals surface area contributed by atoms with E-state index < -0.39 is 0 Å². The number of hydrogen-bond acceptors (Lipinski definition) is 4. The van der Waals surface area contributed by atoms with E-state index in [2.05, 4.69) is 399 Å². The zero-order chi connectivity index (χ0) is 86.1. The van der Waals surface area contributed by atoms with E-state index in [0.29, 0.717) is 19.9 Å². The van der Waals surface area contributed by atoms with Crippen LogP contribution in [0.1, 0.15) is 410 Å². The quantitative estimate of drug-likeness (QED) is 0.112. The van der Waals surface area contributed by atoms with Crippen molar-refractivity contribution in [2.24, 2.45) is 21.1 Å². The molecule has 0 saturated carbocycles. The molecule has 0 N–H and O–H groups in total. The fourth-order valence-electron chi connectivity index (χ4n) is 15.6. The largest absolute Gasteiger partial charge is 0.539 e. The van der Waals surface area contributed by atoms with Crippen molar-refractivity contribution in [2.75, 3.05) is 0 Å². The molecular formula is C99H165N7OSSeW8-8. The normalized spacial score (nSPS) is 11.1. The van der Waals surface area contributed by atoms with Gasteiger partial charge in [-0.3, -0.25) is 4.68 Å². The van der Waals surface area contributed by atoms with Gasteiger partial charge in [-0.1, -0.05) is 326 Å². The van der Waals surface area contributed by atoms with Crippen molar-refractivity contribution in [2.45, 2.75) is 390 Å². The Morgan fingerprint density at radius 2 is 0.778 bits per heavy atom. The third-order valence-electron chi connectivity index (χ3n) is 20.0. The van der Waals surface area contributed by atoms with E-state index in [1.54, 1.807) is 10.0 Å². The number of aromatic nitrogens is 7. The van der Waals surface area contributed by atoms with Crippen LogP contribution in [-0.2, 0) is 233 Å². The molecule has 0 aliphatic carbocycles. The number of furan rings is 1. The van der Waals surface area contributed by atoms with Gasteiger partial charge in [0, 0.05) is 188 Å². The molecule has 0 spiro atoms. The summed E-state index contributed by atoms with van der Waals surface area (Å²) in [7, 11) is 6.15. The first-order valence-electron chi connectivity index (χ1n) is 40.1. The van der Waals surface area contributed by atoms with Crippen LogP contribution in [0, 0.1) is 117 Å². The Morgan fingerprint density at radius 1 is 0.376 bits per heavy atom. The van der Waals surface area contributed by atoms with E-state index in [1.165, 1.54) is 153 Å². The molecule has 8 aromatic rings. The van der Waals surface area contributed by atoms with Crippen LogP contribution in [0.5, 0.6) is 0 Å². The summed E-state index contributed by atoms with van der Waals surface area (Å²) < 4.78 is 18.0. The van der Waals surface area contributed by atoms with E-state index in [1.807, 2.05) is 48.0 Å². The topological polar surface area (TPSA) is 63.6 Å². The summed E-state index contributed by atoms with van der Waals surface area (Å²) >= 11 is 2.47. The molecule has 8 nitrogen and oxygen atoms in total. The Labute approximate surface area is 848 Å². The van der Waals surface area contributed by atoms with Crippen molar-refractivity contribution >= 4 is 25.8 Å². The van der Waals surface area contributed by atoms with Crippen LogP contribution in [0.2, 0.25) is 0 Å². The average Bonchev–Trinajstić information content (AvgIpc) is 1.62. The van der Waals surface area contributed by atoms with Crippen LogP contribution < -0.4 is 0 Å². The summed E-state index contributed by atoms with van der Waals surface area (Å²) in [6.45, 7) is 111.